The van der Waals surface area contributed by atoms with E-state index in [0.29, 0.717) is 25.8 Å². The number of urea groups is 1. The van der Waals surface area contributed by atoms with Crippen molar-refractivity contribution in [1.82, 2.24) is 9.80 Å². The Balaban J connectivity index is 1.93. The molecule has 2 amide bonds. The summed E-state index contributed by atoms with van der Waals surface area (Å²) in [5.41, 5.74) is 0. The summed E-state index contributed by atoms with van der Waals surface area (Å²) in [5, 5.41) is 0. The van der Waals surface area contributed by atoms with Gasteiger partial charge in [-0.1, -0.05) is 6.08 Å². The maximum absolute atomic E-state index is 12.1. The Morgan fingerprint density at radius 1 is 1.47 bits per heavy atom. The number of amides is 2. The summed E-state index contributed by atoms with van der Waals surface area (Å²) in [6, 6.07) is 0.610. The maximum Gasteiger partial charge on any atom is 0.320 e. The van der Waals surface area contributed by atoms with Crippen molar-refractivity contribution in [2.24, 2.45) is 0 Å². The number of carbonyl (C=O) groups excluding carboxylic acids is 1. The number of nitrogens with zero attached hydrogens (tertiary/aromatic N) is 2. The molecule has 15 heavy (non-hydrogen) atoms. The van der Waals surface area contributed by atoms with Crippen LogP contribution in [-0.2, 0) is 4.74 Å². The van der Waals surface area contributed by atoms with E-state index in [1.807, 2.05) is 9.80 Å². The fourth-order valence-corrected chi connectivity index (χ4v) is 1.84. The Morgan fingerprint density at radius 3 is 2.67 bits per heavy atom. The molecule has 1 aliphatic carbocycles. The van der Waals surface area contributed by atoms with E-state index < -0.39 is 0 Å². The summed E-state index contributed by atoms with van der Waals surface area (Å²) in [5.74, 6) is 0. The van der Waals surface area contributed by atoms with Gasteiger partial charge >= 0.3 is 6.03 Å². The largest absolute Gasteiger partial charge is 0.378 e. The highest BCUT2D eigenvalue weighted by atomic mass is 16.5. The van der Waals surface area contributed by atoms with E-state index >= 15 is 0 Å². The van der Waals surface area contributed by atoms with E-state index in [4.69, 9.17) is 4.74 Å². The molecule has 1 saturated carbocycles. The number of ether oxygens (including phenoxy) is 1. The lowest BCUT2D eigenvalue weighted by Gasteiger charge is -2.32. The standard InChI is InChI=1S/C11H18N2O2/c1-2-5-13(10-3-4-10)11(14)12-6-8-15-9-7-12/h2,10H,1,3-9H2. The number of hydrogen-bond donors (Lipinski definition) is 0. The summed E-state index contributed by atoms with van der Waals surface area (Å²) < 4.78 is 5.23. The second kappa shape index (κ2) is 4.66. The normalized spacial score (nSPS) is 21.2. The average molecular weight is 210 g/mol. The lowest BCUT2D eigenvalue weighted by atomic mass is 10.4. The third-order valence-corrected chi connectivity index (χ3v) is 2.84. The first-order chi connectivity index (χ1) is 7.33. The van der Waals surface area contributed by atoms with Gasteiger partial charge in [0.05, 0.1) is 13.2 Å². The third kappa shape index (κ3) is 2.50. The van der Waals surface area contributed by atoms with Crippen LogP contribution in [0.5, 0.6) is 0 Å². The number of hydrogen-bond acceptors (Lipinski definition) is 2. The van der Waals surface area contributed by atoms with E-state index in [1.54, 1.807) is 6.08 Å². The molecule has 0 atom stereocenters. The smallest absolute Gasteiger partial charge is 0.320 e. The summed E-state index contributed by atoms with van der Waals surface area (Å²) in [7, 11) is 0. The topological polar surface area (TPSA) is 32.8 Å². The van der Waals surface area contributed by atoms with Gasteiger partial charge in [0.2, 0.25) is 0 Å². The van der Waals surface area contributed by atoms with Crippen LogP contribution >= 0.6 is 0 Å². The van der Waals surface area contributed by atoms with Crippen LogP contribution in [0.25, 0.3) is 0 Å². The first-order valence-corrected chi connectivity index (χ1v) is 5.57. The zero-order valence-electron chi connectivity index (χ0n) is 9.02. The molecule has 1 saturated heterocycles. The zero-order chi connectivity index (χ0) is 10.7. The molecule has 1 heterocycles. The molecule has 0 aromatic rings. The summed E-state index contributed by atoms with van der Waals surface area (Å²) >= 11 is 0. The van der Waals surface area contributed by atoms with Gasteiger partial charge in [0.15, 0.2) is 0 Å². The van der Waals surface area contributed by atoms with Gasteiger partial charge in [0.25, 0.3) is 0 Å². The van der Waals surface area contributed by atoms with Crippen molar-refractivity contribution in [3.8, 4) is 0 Å². The Kier molecular flexibility index (Phi) is 3.26. The molecule has 2 rings (SSSR count). The van der Waals surface area contributed by atoms with Crippen LogP contribution in [-0.4, -0.2) is 54.7 Å². The molecule has 4 heteroatoms. The molecule has 2 aliphatic rings. The van der Waals surface area contributed by atoms with E-state index in [9.17, 15) is 4.79 Å². The SMILES string of the molecule is C=CCN(C(=O)N1CCOCC1)C1CC1. The summed E-state index contributed by atoms with van der Waals surface area (Å²) in [6.07, 6.45) is 4.09. The average Bonchev–Trinajstić information content (AvgIpc) is 3.10. The van der Waals surface area contributed by atoms with Crippen LogP contribution in [0.1, 0.15) is 12.8 Å². The van der Waals surface area contributed by atoms with Crippen molar-refractivity contribution in [2.45, 2.75) is 18.9 Å². The lowest BCUT2D eigenvalue weighted by Crippen LogP contribution is -2.49. The molecule has 0 spiro atoms. The lowest BCUT2D eigenvalue weighted by molar-refractivity contribution is 0.0436. The summed E-state index contributed by atoms with van der Waals surface area (Å²) in [4.78, 5) is 15.9. The first-order valence-electron chi connectivity index (χ1n) is 5.57. The molecule has 0 aromatic carbocycles. The van der Waals surface area contributed by atoms with Crippen LogP contribution in [0.15, 0.2) is 12.7 Å². The molecule has 0 bridgehead atoms. The second-order valence-corrected chi connectivity index (χ2v) is 4.05. The van der Waals surface area contributed by atoms with E-state index in [-0.39, 0.29) is 6.03 Å². The Morgan fingerprint density at radius 2 is 2.13 bits per heavy atom. The van der Waals surface area contributed by atoms with Crippen molar-refractivity contribution in [1.29, 1.82) is 0 Å². The molecular weight excluding hydrogens is 192 g/mol. The van der Waals surface area contributed by atoms with Crippen LogP contribution in [0.3, 0.4) is 0 Å². The second-order valence-electron chi connectivity index (χ2n) is 4.05. The van der Waals surface area contributed by atoms with Crippen LogP contribution in [0.2, 0.25) is 0 Å². The van der Waals surface area contributed by atoms with Crippen molar-refractivity contribution in [3.05, 3.63) is 12.7 Å². The van der Waals surface area contributed by atoms with Crippen molar-refractivity contribution in [2.75, 3.05) is 32.8 Å². The summed E-state index contributed by atoms with van der Waals surface area (Å²) in [6.45, 7) is 7.14. The van der Waals surface area contributed by atoms with E-state index in [2.05, 4.69) is 6.58 Å². The minimum absolute atomic E-state index is 0.153. The van der Waals surface area contributed by atoms with Crippen LogP contribution in [0.4, 0.5) is 4.79 Å². The predicted molar refractivity (Wildman–Crippen MR) is 57.7 cm³/mol. The van der Waals surface area contributed by atoms with Crippen LogP contribution in [0, 0.1) is 0 Å². The first kappa shape index (κ1) is 10.5. The molecule has 2 fully saturated rings. The van der Waals surface area contributed by atoms with Gasteiger partial charge in [-0.15, -0.1) is 6.58 Å². The van der Waals surface area contributed by atoms with E-state index in [0.717, 1.165) is 25.9 Å². The van der Waals surface area contributed by atoms with Gasteiger partial charge < -0.3 is 14.5 Å². The highest BCUT2D eigenvalue weighted by molar-refractivity contribution is 5.75. The molecule has 0 N–H and O–H groups in total. The minimum atomic E-state index is 0.153. The van der Waals surface area contributed by atoms with E-state index in [1.165, 1.54) is 0 Å². The fourth-order valence-electron chi connectivity index (χ4n) is 1.84. The predicted octanol–water partition coefficient (Wildman–Crippen LogP) is 1.09. The highest BCUT2D eigenvalue weighted by Crippen LogP contribution is 2.27. The molecule has 0 aromatic heterocycles. The van der Waals surface area contributed by atoms with Gasteiger partial charge in [-0.05, 0) is 12.8 Å². The van der Waals surface area contributed by atoms with Gasteiger partial charge in [-0.3, -0.25) is 0 Å². The van der Waals surface area contributed by atoms with Crippen molar-refractivity contribution in [3.63, 3.8) is 0 Å². The Labute approximate surface area is 90.5 Å². The van der Waals surface area contributed by atoms with Crippen LogP contribution < -0.4 is 0 Å². The molecule has 0 radical (unpaired) electrons. The minimum Gasteiger partial charge on any atom is -0.378 e. The van der Waals surface area contributed by atoms with Gasteiger partial charge in [-0.2, -0.15) is 0 Å². The number of rotatable bonds is 3. The van der Waals surface area contributed by atoms with Crippen molar-refractivity contribution >= 4 is 6.03 Å². The molecule has 4 nitrogen and oxygen atoms in total. The molecule has 1 aliphatic heterocycles. The highest BCUT2D eigenvalue weighted by Gasteiger charge is 2.34. The molecular formula is C11H18N2O2. The van der Waals surface area contributed by atoms with Gasteiger partial charge in [-0.25, -0.2) is 4.79 Å². The maximum atomic E-state index is 12.1. The monoisotopic (exact) mass is 210 g/mol. The zero-order valence-corrected chi connectivity index (χ0v) is 9.02. The number of morpholine rings is 1. The number of carbonyl (C=O) groups is 1. The fraction of sp³-hybridized carbons (Fsp3) is 0.727. The molecule has 84 valence electrons. The molecule has 0 unspecified atom stereocenters. The third-order valence-electron chi connectivity index (χ3n) is 2.84. The van der Waals surface area contributed by atoms with Gasteiger partial charge in [0, 0.05) is 25.7 Å². The van der Waals surface area contributed by atoms with Gasteiger partial charge in [0.1, 0.15) is 0 Å². The quantitative estimate of drug-likeness (QED) is 0.653. The Bertz CT molecular complexity index is 245. The van der Waals surface area contributed by atoms with Crippen molar-refractivity contribution < 1.29 is 9.53 Å². The Hall–Kier alpha value is -1.03.